The van der Waals surface area contributed by atoms with Gasteiger partial charge in [-0.2, -0.15) is 0 Å². The van der Waals surface area contributed by atoms with Crippen LogP contribution in [0.5, 0.6) is 0 Å². The zero-order chi connectivity index (χ0) is 13.2. The van der Waals surface area contributed by atoms with Crippen molar-refractivity contribution in [2.75, 3.05) is 5.32 Å². The number of nitrogens with one attached hydrogen (secondary N) is 1. The molecule has 0 atom stereocenters. The fourth-order valence-electron chi connectivity index (χ4n) is 1.92. The minimum atomic E-state index is 0. The largest absolute Gasteiger partial charge is 0.325 e. The summed E-state index contributed by atoms with van der Waals surface area (Å²) in [5.41, 5.74) is 1.94. The standard InChI is InChI=1S/C15H12ClN3.ClH/c1-10-7-8-17-14(9-10)18-13-6-5-11-3-2-4-12(16)15(11)19-13;/h2-9H,1H3,(H,17,18,19);1H. The van der Waals surface area contributed by atoms with E-state index in [9.17, 15) is 0 Å². The molecule has 0 radical (unpaired) electrons. The quantitative estimate of drug-likeness (QED) is 0.742. The predicted octanol–water partition coefficient (Wildman–Crippen LogP) is 4.76. The summed E-state index contributed by atoms with van der Waals surface area (Å²) < 4.78 is 0. The van der Waals surface area contributed by atoms with Crippen LogP contribution in [-0.4, -0.2) is 9.97 Å². The van der Waals surface area contributed by atoms with Crippen molar-refractivity contribution < 1.29 is 0 Å². The highest BCUT2D eigenvalue weighted by molar-refractivity contribution is 6.35. The first-order chi connectivity index (χ1) is 9.22. The highest BCUT2D eigenvalue weighted by atomic mass is 35.5. The van der Waals surface area contributed by atoms with Gasteiger partial charge in [-0.25, -0.2) is 9.97 Å². The first-order valence-corrected chi connectivity index (χ1v) is 6.35. The highest BCUT2D eigenvalue weighted by Crippen LogP contribution is 2.24. The average Bonchev–Trinajstić information content (AvgIpc) is 2.40. The molecule has 0 aliphatic heterocycles. The van der Waals surface area contributed by atoms with E-state index in [4.69, 9.17) is 11.6 Å². The second-order valence-electron chi connectivity index (χ2n) is 4.35. The van der Waals surface area contributed by atoms with Crippen LogP contribution in [0.2, 0.25) is 5.02 Å². The topological polar surface area (TPSA) is 37.8 Å². The van der Waals surface area contributed by atoms with Gasteiger partial charge in [0.1, 0.15) is 11.6 Å². The highest BCUT2D eigenvalue weighted by Gasteiger charge is 2.03. The predicted molar refractivity (Wildman–Crippen MR) is 86.3 cm³/mol. The van der Waals surface area contributed by atoms with E-state index in [-0.39, 0.29) is 12.4 Å². The molecular weight excluding hydrogens is 293 g/mol. The van der Waals surface area contributed by atoms with Gasteiger partial charge in [-0.15, -0.1) is 12.4 Å². The van der Waals surface area contributed by atoms with Gasteiger partial charge < -0.3 is 5.32 Å². The molecule has 0 saturated carbocycles. The van der Waals surface area contributed by atoms with Crippen molar-refractivity contribution in [1.29, 1.82) is 0 Å². The summed E-state index contributed by atoms with van der Waals surface area (Å²) >= 11 is 6.15. The van der Waals surface area contributed by atoms with Crippen LogP contribution in [0.15, 0.2) is 48.7 Å². The van der Waals surface area contributed by atoms with E-state index in [2.05, 4.69) is 15.3 Å². The molecule has 3 aromatic rings. The Morgan fingerprint density at radius 3 is 2.70 bits per heavy atom. The number of halogens is 2. The molecule has 3 nitrogen and oxygen atoms in total. The molecule has 0 saturated heterocycles. The molecule has 1 aromatic carbocycles. The Morgan fingerprint density at radius 1 is 1.05 bits per heavy atom. The van der Waals surface area contributed by atoms with Gasteiger partial charge in [-0.1, -0.05) is 23.7 Å². The Balaban J connectivity index is 0.00000147. The molecule has 0 spiro atoms. The maximum atomic E-state index is 6.15. The summed E-state index contributed by atoms with van der Waals surface area (Å²) in [6, 6.07) is 13.6. The lowest BCUT2D eigenvalue weighted by atomic mass is 10.2. The van der Waals surface area contributed by atoms with Crippen molar-refractivity contribution in [2.45, 2.75) is 6.92 Å². The smallest absolute Gasteiger partial charge is 0.132 e. The molecule has 0 aliphatic rings. The Labute approximate surface area is 128 Å². The second-order valence-corrected chi connectivity index (χ2v) is 4.76. The van der Waals surface area contributed by atoms with Gasteiger partial charge in [0.15, 0.2) is 0 Å². The molecule has 1 N–H and O–H groups in total. The molecule has 2 heterocycles. The van der Waals surface area contributed by atoms with E-state index in [1.165, 1.54) is 0 Å². The molecule has 102 valence electrons. The van der Waals surface area contributed by atoms with Crippen molar-refractivity contribution in [1.82, 2.24) is 9.97 Å². The maximum absolute atomic E-state index is 6.15. The van der Waals surface area contributed by atoms with Crippen molar-refractivity contribution in [3.8, 4) is 0 Å². The fraction of sp³-hybridized carbons (Fsp3) is 0.0667. The Morgan fingerprint density at radius 2 is 1.90 bits per heavy atom. The number of benzene rings is 1. The van der Waals surface area contributed by atoms with Gasteiger partial charge in [0.25, 0.3) is 0 Å². The molecule has 0 aliphatic carbocycles. The van der Waals surface area contributed by atoms with Crippen molar-refractivity contribution in [3.05, 3.63) is 59.2 Å². The lowest BCUT2D eigenvalue weighted by Crippen LogP contribution is -1.96. The summed E-state index contributed by atoms with van der Waals surface area (Å²) in [5, 5.41) is 4.86. The number of hydrogen-bond acceptors (Lipinski definition) is 3. The number of pyridine rings is 2. The molecule has 5 heteroatoms. The van der Waals surface area contributed by atoms with Gasteiger partial charge in [0, 0.05) is 11.6 Å². The van der Waals surface area contributed by atoms with Gasteiger partial charge >= 0.3 is 0 Å². The van der Waals surface area contributed by atoms with E-state index in [1.54, 1.807) is 6.20 Å². The van der Waals surface area contributed by atoms with Gasteiger partial charge in [0.2, 0.25) is 0 Å². The van der Waals surface area contributed by atoms with Crippen LogP contribution in [0.3, 0.4) is 0 Å². The zero-order valence-corrected chi connectivity index (χ0v) is 12.4. The molecule has 0 unspecified atom stereocenters. The van der Waals surface area contributed by atoms with E-state index in [0.29, 0.717) is 5.02 Å². The number of fused-ring (bicyclic) bond motifs is 1. The first kappa shape index (κ1) is 14.6. The number of hydrogen-bond donors (Lipinski definition) is 1. The summed E-state index contributed by atoms with van der Waals surface area (Å²) in [6.07, 6.45) is 1.77. The zero-order valence-electron chi connectivity index (χ0n) is 10.8. The van der Waals surface area contributed by atoms with Crippen molar-refractivity contribution >= 4 is 46.5 Å². The van der Waals surface area contributed by atoms with Crippen LogP contribution in [-0.2, 0) is 0 Å². The Hall–Kier alpha value is -1.84. The molecule has 3 rings (SSSR count). The van der Waals surface area contributed by atoms with Crippen LogP contribution in [0, 0.1) is 6.92 Å². The number of rotatable bonds is 2. The van der Waals surface area contributed by atoms with E-state index >= 15 is 0 Å². The van der Waals surface area contributed by atoms with Crippen LogP contribution in [0.4, 0.5) is 11.6 Å². The van der Waals surface area contributed by atoms with E-state index < -0.39 is 0 Å². The summed E-state index contributed by atoms with van der Waals surface area (Å²) in [5.74, 6) is 1.51. The Kier molecular flexibility index (Phi) is 4.42. The van der Waals surface area contributed by atoms with Crippen LogP contribution >= 0.6 is 24.0 Å². The van der Waals surface area contributed by atoms with Gasteiger partial charge in [-0.3, -0.25) is 0 Å². The molecule has 0 bridgehead atoms. The minimum Gasteiger partial charge on any atom is -0.325 e. The number of para-hydroxylation sites is 1. The van der Waals surface area contributed by atoms with E-state index in [1.807, 2.05) is 49.4 Å². The molecule has 0 amide bonds. The van der Waals surface area contributed by atoms with E-state index in [0.717, 1.165) is 28.1 Å². The van der Waals surface area contributed by atoms with Crippen LogP contribution < -0.4 is 5.32 Å². The maximum Gasteiger partial charge on any atom is 0.132 e. The summed E-state index contributed by atoms with van der Waals surface area (Å²) in [7, 11) is 0. The molecular formula is C15H13Cl2N3. The number of aromatic nitrogens is 2. The van der Waals surface area contributed by atoms with Crippen molar-refractivity contribution in [2.24, 2.45) is 0 Å². The minimum absolute atomic E-state index is 0. The molecule has 20 heavy (non-hydrogen) atoms. The lowest BCUT2D eigenvalue weighted by molar-refractivity contribution is 1.25. The second kappa shape index (κ2) is 6.07. The van der Waals surface area contributed by atoms with Crippen molar-refractivity contribution in [3.63, 3.8) is 0 Å². The summed E-state index contributed by atoms with van der Waals surface area (Å²) in [4.78, 5) is 8.77. The third kappa shape index (κ3) is 3.00. The third-order valence-electron chi connectivity index (χ3n) is 2.84. The monoisotopic (exact) mass is 305 g/mol. The van der Waals surface area contributed by atoms with Gasteiger partial charge in [-0.05, 0) is 42.8 Å². The first-order valence-electron chi connectivity index (χ1n) is 5.97. The fourth-order valence-corrected chi connectivity index (χ4v) is 2.14. The average molecular weight is 306 g/mol. The van der Waals surface area contributed by atoms with Gasteiger partial charge in [0.05, 0.1) is 10.5 Å². The third-order valence-corrected chi connectivity index (χ3v) is 3.15. The normalized spacial score (nSPS) is 10.1. The van der Waals surface area contributed by atoms with Crippen LogP contribution in [0.25, 0.3) is 10.9 Å². The Bertz CT molecular complexity index is 744. The number of nitrogens with zero attached hydrogens (tertiary/aromatic N) is 2. The van der Waals surface area contributed by atoms with Crippen LogP contribution in [0.1, 0.15) is 5.56 Å². The SMILES string of the molecule is Cc1ccnc(Nc2ccc3cccc(Cl)c3n2)c1.Cl. The summed E-state index contributed by atoms with van der Waals surface area (Å²) in [6.45, 7) is 2.03. The molecule has 2 aromatic heterocycles. The number of anilines is 2. The number of aryl methyl sites for hydroxylation is 1. The molecule has 0 fully saturated rings. The lowest BCUT2D eigenvalue weighted by Gasteiger charge is -2.07.